The van der Waals surface area contributed by atoms with Crippen LogP contribution in [0.15, 0.2) is 30.3 Å². The molecule has 5 nitrogen and oxygen atoms in total. The topological polar surface area (TPSA) is 60.8 Å². The van der Waals surface area contributed by atoms with Gasteiger partial charge in [-0.3, -0.25) is 0 Å². The molecule has 1 N–H and O–H groups in total. The molecule has 0 atom stereocenters. The molecule has 3 rings (SSSR count). The van der Waals surface area contributed by atoms with Gasteiger partial charge in [-0.2, -0.15) is 0 Å². The van der Waals surface area contributed by atoms with Gasteiger partial charge in [0.05, 0.1) is 31.5 Å². The van der Waals surface area contributed by atoms with Crippen LogP contribution in [0, 0.1) is 0 Å². The number of benzene rings is 2. The lowest BCUT2D eigenvalue weighted by Gasteiger charge is -2.09. The quantitative estimate of drug-likeness (QED) is 0.752. The second kappa shape index (κ2) is 6.80. The fourth-order valence-corrected chi connectivity index (χ4v) is 3.20. The number of hydrogen-bond donors (Lipinski definition) is 1. The molecule has 1 heterocycles. The molecule has 0 aliphatic carbocycles. The first-order valence-electron chi connectivity index (χ1n) is 7.22. The Morgan fingerprint density at radius 3 is 2.29 bits per heavy atom. The Balaban J connectivity index is 1.93. The van der Waals surface area contributed by atoms with Crippen LogP contribution < -0.4 is 14.2 Å². The van der Waals surface area contributed by atoms with Crippen molar-refractivity contribution in [2.45, 2.75) is 0 Å². The zero-order chi connectivity index (χ0) is 17.1. The standard InChI is InChI=1S/C18H17NO4S/c1-21-12-5-6-13-16(10-12)24-17(19-13)7-4-11-8-14(22-2)18(20)15(9-11)23-3/h4-10,20H,1-3H3/b7-4+. The highest BCUT2D eigenvalue weighted by atomic mass is 32.1. The first-order chi connectivity index (χ1) is 11.6. The number of nitrogens with zero attached hydrogens (tertiary/aromatic N) is 1. The number of methoxy groups -OCH3 is 3. The van der Waals surface area contributed by atoms with Gasteiger partial charge in [-0.15, -0.1) is 11.3 Å². The van der Waals surface area contributed by atoms with Crippen molar-refractivity contribution in [3.63, 3.8) is 0 Å². The summed E-state index contributed by atoms with van der Waals surface area (Å²) in [5.74, 6) is 1.53. The zero-order valence-electron chi connectivity index (χ0n) is 13.6. The summed E-state index contributed by atoms with van der Waals surface area (Å²) >= 11 is 1.58. The summed E-state index contributed by atoms with van der Waals surface area (Å²) in [7, 11) is 4.65. The minimum atomic E-state index is -0.00997. The lowest BCUT2D eigenvalue weighted by atomic mass is 10.1. The van der Waals surface area contributed by atoms with E-state index >= 15 is 0 Å². The number of ether oxygens (including phenoxy) is 3. The molecule has 0 spiro atoms. The number of phenols is 1. The molecule has 1 aromatic heterocycles. The first kappa shape index (κ1) is 16.1. The number of phenolic OH excluding ortho intramolecular Hbond substituents is 1. The number of thiazole rings is 1. The second-order valence-electron chi connectivity index (χ2n) is 4.99. The van der Waals surface area contributed by atoms with E-state index in [4.69, 9.17) is 14.2 Å². The Kier molecular flexibility index (Phi) is 4.57. The minimum absolute atomic E-state index is 0.00997. The van der Waals surface area contributed by atoms with Gasteiger partial charge in [0, 0.05) is 0 Å². The van der Waals surface area contributed by atoms with Crippen LogP contribution in [-0.2, 0) is 0 Å². The number of aromatic hydroxyl groups is 1. The van der Waals surface area contributed by atoms with E-state index in [9.17, 15) is 5.11 Å². The molecule has 2 aromatic carbocycles. The van der Waals surface area contributed by atoms with E-state index in [0.717, 1.165) is 26.5 Å². The van der Waals surface area contributed by atoms with Crippen LogP contribution in [-0.4, -0.2) is 31.4 Å². The largest absolute Gasteiger partial charge is 0.502 e. The maximum Gasteiger partial charge on any atom is 0.200 e. The average molecular weight is 343 g/mol. The second-order valence-corrected chi connectivity index (χ2v) is 6.06. The molecule has 0 aliphatic rings. The Morgan fingerprint density at radius 1 is 0.958 bits per heavy atom. The SMILES string of the molecule is COc1ccc2nc(/C=C/c3cc(OC)c(O)c(OC)c3)sc2c1. The van der Waals surface area contributed by atoms with Gasteiger partial charge in [-0.1, -0.05) is 6.08 Å². The van der Waals surface area contributed by atoms with Crippen molar-refractivity contribution >= 4 is 33.7 Å². The smallest absolute Gasteiger partial charge is 0.200 e. The van der Waals surface area contributed by atoms with Crippen LogP contribution in [0.2, 0.25) is 0 Å². The molecular formula is C18H17NO4S. The van der Waals surface area contributed by atoms with Crippen molar-refractivity contribution in [3.8, 4) is 23.0 Å². The first-order valence-corrected chi connectivity index (χ1v) is 8.04. The van der Waals surface area contributed by atoms with Gasteiger partial charge in [0.2, 0.25) is 5.75 Å². The molecule has 0 aliphatic heterocycles. The molecular weight excluding hydrogens is 326 g/mol. The number of fused-ring (bicyclic) bond motifs is 1. The van der Waals surface area contributed by atoms with Crippen molar-refractivity contribution < 1.29 is 19.3 Å². The predicted molar refractivity (Wildman–Crippen MR) is 96.3 cm³/mol. The fourth-order valence-electron chi connectivity index (χ4n) is 2.30. The number of hydrogen-bond acceptors (Lipinski definition) is 6. The molecule has 3 aromatic rings. The highest BCUT2D eigenvalue weighted by Crippen LogP contribution is 2.37. The molecule has 0 unspecified atom stereocenters. The average Bonchev–Trinajstić information content (AvgIpc) is 3.02. The Hall–Kier alpha value is -2.73. The molecule has 24 heavy (non-hydrogen) atoms. The van der Waals surface area contributed by atoms with Gasteiger partial charge >= 0.3 is 0 Å². The third-order valence-corrected chi connectivity index (χ3v) is 4.52. The van der Waals surface area contributed by atoms with Gasteiger partial charge in [0.25, 0.3) is 0 Å². The van der Waals surface area contributed by atoms with Crippen LogP contribution in [0.4, 0.5) is 0 Å². The number of aromatic nitrogens is 1. The summed E-state index contributed by atoms with van der Waals surface area (Å²) in [5.41, 5.74) is 1.78. The van der Waals surface area contributed by atoms with Gasteiger partial charge in [0.1, 0.15) is 10.8 Å². The highest BCUT2D eigenvalue weighted by molar-refractivity contribution is 7.19. The van der Waals surface area contributed by atoms with E-state index in [1.807, 2.05) is 30.4 Å². The summed E-state index contributed by atoms with van der Waals surface area (Å²) < 4.78 is 16.6. The van der Waals surface area contributed by atoms with Crippen LogP contribution in [0.1, 0.15) is 10.6 Å². The normalized spacial score (nSPS) is 11.1. The van der Waals surface area contributed by atoms with Crippen molar-refractivity contribution in [1.29, 1.82) is 0 Å². The van der Waals surface area contributed by atoms with Crippen LogP contribution in [0.3, 0.4) is 0 Å². The van der Waals surface area contributed by atoms with E-state index in [0.29, 0.717) is 11.5 Å². The van der Waals surface area contributed by atoms with Crippen LogP contribution in [0.5, 0.6) is 23.0 Å². The van der Waals surface area contributed by atoms with Crippen LogP contribution >= 0.6 is 11.3 Å². The molecule has 0 saturated carbocycles. The van der Waals surface area contributed by atoms with Gasteiger partial charge in [0.15, 0.2) is 11.5 Å². The Labute approximate surface area is 143 Å². The van der Waals surface area contributed by atoms with Crippen molar-refractivity contribution in [2.24, 2.45) is 0 Å². The minimum Gasteiger partial charge on any atom is -0.502 e. The molecule has 0 bridgehead atoms. The molecule has 0 saturated heterocycles. The van der Waals surface area contributed by atoms with Crippen molar-refractivity contribution in [2.75, 3.05) is 21.3 Å². The summed E-state index contributed by atoms with van der Waals surface area (Å²) in [4.78, 5) is 4.57. The molecule has 6 heteroatoms. The zero-order valence-corrected chi connectivity index (χ0v) is 14.4. The molecule has 0 radical (unpaired) electrons. The monoisotopic (exact) mass is 343 g/mol. The van der Waals surface area contributed by atoms with Gasteiger partial charge < -0.3 is 19.3 Å². The summed E-state index contributed by atoms with van der Waals surface area (Å²) in [6, 6.07) is 9.28. The Morgan fingerprint density at radius 2 is 1.67 bits per heavy atom. The van der Waals surface area contributed by atoms with E-state index in [-0.39, 0.29) is 5.75 Å². The van der Waals surface area contributed by atoms with E-state index < -0.39 is 0 Å². The maximum absolute atomic E-state index is 9.95. The Bertz CT molecular complexity index is 876. The van der Waals surface area contributed by atoms with Gasteiger partial charge in [-0.25, -0.2) is 4.98 Å². The number of rotatable bonds is 5. The summed E-state index contributed by atoms with van der Waals surface area (Å²) in [6.45, 7) is 0. The van der Waals surface area contributed by atoms with Crippen molar-refractivity contribution in [3.05, 3.63) is 40.9 Å². The van der Waals surface area contributed by atoms with Crippen molar-refractivity contribution in [1.82, 2.24) is 4.98 Å². The lowest BCUT2D eigenvalue weighted by molar-refractivity contribution is 0.340. The third-order valence-electron chi connectivity index (χ3n) is 3.53. The fraction of sp³-hybridized carbons (Fsp3) is 0.167. The molecule has 124 valence electrons. The van der Waals surface area contributed by atoms with E-state index in [1.165, 1.54) is 14.2 Å². The van der Waals surface area contributed by atoms with E-state index in [1.54, 1.807) is 30.6 Å². The maximum atomic E-state index is 9.95. The molecule has 0 fully saturated rings. The van der Waals surface area contributed by atoms with Crippen LogP contribution in [0.25, 0.3) is 22.4 Å². The van der Waals surface area contributed by atoms with E-state index in [2.05, 4.69) is 4.98 Å². The summed E-state index contributed by atoms with van der Waals surface area (Å²) in [5, 5.41) is 10.8. The third kappa shape index (κ3) is 3.14. The van der Waals surface area contributed by atoms with Gasteiger partial charge in [-0.05, 0) is 42.0 Å². The predicted octanol–water partition coefficient (Wildman–Crippen LogP) is 4.20. The summed E-state index contributed by atoms with van der Waals surface area (Å²) in [6.07, 6.45) is 3.82. The molecule has 0 amide bonds. The lowest BCUT2D eigenvalue weighted by Crippen LogP contribution is -1.90. The highest BCUT2D eigenvalue weighted by Gasteiger charge is 2.10.